The van der Waals surface area contributed by atoms with E-state index in [1.54, 1.807) is 24.5 Å². The number of Topliss-reactive ketones (excluding diaryl/α,β-unsaturated/α-hetero) is 1. The summed E-state index contributed by atoms with van der Waals surface area (Å²) in [6.45, 7) is 4.55. The summed E-state index contributed by atoms with van der Waals surface area (Å²) in [5.41, 5.74) is 4.56. The average molecular weight is 462 g/mol. The maximum Gasteiger partial charge on any atom is 0.192 e. The third-order valence-corrected chi connectivity index (χ3v) is 6.90. The summed E-state index contributed by atoms with van der Waals surface area (Å²) in [4.78, 5) is 17.3. The van der Waals surface area contributed by atoms with E-state index < -0.39 is 0 Å². The number of rotatable bonds is 8. The maximum absolute atomic E-state index is 13.2. The number of carbonyl (C=O) groups is 1. The summed E-state index contributed by atoms with van der Waals surface area (Å²) >= 11 is 1.43. The number of aryl methyl sites for hydroxylation is 1. The molecular formula is C25H24FN5OS. The molecule has 168 valence electrons. The van der Waals surface area contributed by atoms with Gasteiger partial charge in [-0.05, 0) is 62.6 Å². The number of hydrogen-bond donors (Lipinski definition) is 0. The molecule has 0 N–H and O–H groups in total. The largest absolute Gasteiger partial charge is 0.344 e. The Balaban J connectivity index is 1.33. The first-order valence-electron chi connectivity index (χ1n) is 10.9. The Morgan fingerprint density at radius 1 is 1.15 bits per heavy atom. The Labute approximate surface area is 195 Å². The van der Waals surface area contributed by atoms with Crippen LogP contribution in [0.5, 0.6) is 0 Å². The first-order valence-corrected chi connectivity index (χ1v) is 11.9. The molecule has 1 aliphatic rings. The summed E-state index contributed by atoms with van der Waals surface area (Å²) < 4.78 is 17.5. The zero-order chi connectivity index (χ0) is 22.9. The van der Waals surface area contributed by atoms with E-state index >= 15 is 0 Å². The molecule has 1 aromatic carbocycles. The topological polar surface area (TPSA) is 65.6 Å². The van der Waals surface area contributed by atoms with E-state index in [0.29, 0.717) is 23.9 Å². The molecule has 0 radical (unpaired) electrons. The summed E-state index contributed by atoms with van der Waals surface area (Å²) in [6.07, 6.45) is 5.72. The molecule has 3 heterocycles. The molecule has 5 rings (SSSR count). The van der Waals surface area contributed by atoms with Crippen LogP contribution in [0, 0.1) is 19.7 Å². The molecule has 0 unspecified atom stereocenters. The molecule has 1 saturated carbocycles. The van der Waals surface area contributed by atoms with E-state index in [-0.39, 0.29) is 11.6 Å². The number of ketones is 1. The van der Waals surface area contributed by atoms with E-state index in [0.717, 1.165) is 46.3 Å². The highest BCUT2D eigenvalue weighted by Crippen LogP contribution is 2.41. The first-order chi connectivity index (χ1) is 16.0. The van der Waals surface area contributed by atoms with Gasteiger partial charge in [0, 0.05) is 47.5 Å². The van der Waals surface area contributed by atoms with Crippen LogP contribution in [0.15, 0.2) is 60.0 Å². The van der Waals surface area contributed by atoms with Gasteiger partial charge in [0.15, 0.2) is 16.8 Å². The second kappa shape index (κ2) is 8.94. The molecule has 6 nitrogen and oxygen atoms in total. The highest BCUT2D eigenvalue weighted by molar-refractivity contribution is 7.99. The Hall–Kier alpha value is -3.26. The van der Waals surface area contributed by atoms with Gasteiger partial charge < -0.3 is 4.57 Å². The van der Waals surface area contributed by atoms with Crippen molar-refractivity contribution in [1.82, 2.24) is 24.3 Å². The van der Waals surface area contributed by atoms with Gasteiger partial charge in [-0.25, -0.2) is 4.39 Å². The van der Waals surface area contributed by atoms with Crippen LogP contribution in [0.1, 0.15) is 46.2 Å². The number of nitrogens with zero attached hydrogens (tertiary/aromatic N) is 5. The van der Waals surface area contributed by atoms with Crippen LogP contribution in [0.4, 0.5) is 4.39 Å². The van der Waals surface area contributed by atoms with Crippen LogP contribution in [0.3, 0.4) is 0 Å². The van der Waals surface area contributed by atoms with Gasteiger partial charge in [0.05, 0.1) is 5.75 Å². The van der Waals surface area contributed by atoms with Gasteiger partial charge in [0.1, 0.15) is 5.82 Å². The van der Waals surface area contributed by atoms with Crippen molar-refractivity contribution in [2.45, 2.75) is 44.4 Å². The molecular weight excluding hydrogens is 437 g/mol. The van der Waals surface area contributed by atoms with Gasteiger partial charge in [-0.3, -0.25) is 14.3 Å². The minimum absolute atomic E-state index is 0.0618. The summed E-state index contributed by atoms with van der Waals surface area (Å²) in [7, 11) is 0. The van der Waals surface area contributed by atoms with Crippen molar-refractivity contribution in [2.24, 2.45) is 0 Å². The van der Waals surface area contributed by atoms with Crippen LogP contribution < -0.4 is 0 Å². The molecule has 33 heavy (non-hydrogen) atoms. The van der Waals surface area contributed by atoms with Gasteiger partial charge in [-0.1, -0.05) is 23.9 Å². The van der Waals surface area contributed by atoms with Crippen molar-refractivity contribution in [3.63, 3.8) is 0 Å². The van der Waals surface area contributed by atoms with Crippen LogP contribution in [0.2, 0.25) is 0 Å². The average Bonchev–Trinajstić information content (AvgIpc) is 3.52. The second-order valence-corrected chi connectivity index (χ2v) is 9.30. The zero-order valence-corrected chi connectivity index (χ0v) is 19.3. The molecule has 8 heteroatoms. The fourth-order valence-electron chi connectivity index (χ4n) is 4.04. The van der Waals surface area contributed by atoms with Gasteiger partial charge in [-0.2, -0.15) is 0 Å². The molecule has 1 fully saturated rings. The lowest BCUT2D eigenvalue weighted by molar-refractivity contribution is 0.102. The van der Waals surface area contributed by atoms with E-state index in [1.165, 1.54) is 23.9 Å². The van der Waals surface area contributed by atoms with Gasteiger partial charge in [-0.15, -0.1) is 10.2 Å². The third kappa shape index (κ3) is 4.48. The molecule has 0 atom stereocenters. The molecule has 1 aliphatic carbocycles. The lowest BCUT2D eigenvalue weighted by Gasteiger charge is -2.10. The number of benzene rings is 1. The van der Waals surface area contributed by atoms with E-state index in [2.05, 4.69) is 24.3 Å². The SMILES string of the molecule is Cc1cc(C(=O)CSc2nnc(-c3cccnc3)n2C2CC2)c(C)n1Cc1ccc(F)cc1. The van der Waals surface area contributed by atoms with E-state index in [4.69, 9.17) is 0 Å². The lowest BCUT2D eigenvalue weighted by Crippen LogP contribution is -2.08. The van der Waals surface area contributed by atoms with Crippen LogP contribution in [-0.2, 0) is 6.54 Å². The molecule has 0 saturated heterocycles. The smallest absolute Gasteiger partial charge is 0.192 e. The lowest BCUT2D eigenvalue weighted by atomic mass is 10.2. The third-order valence-electron chi connectivity index (χ3n) is 5.96. The number of pyridine rings is 1. The van der Waals surface area contributed by atoms with Gasteiger partial charge >= 0.3 is 0 Å². The molecule has 0 spiro atoms. The maximum atomic E-state index is 13.2. The zero-order valence-electron chi connectivity index (χ0n) is 18.5. The van der Waals surface area contributed by atoms with Crippen LogP contribution >= 0.6 is 11.8 Å². The molecule has 0 bridgehead atoms. The fraction of sp³-hybridized carbons (Fsp3) is 0.280. The highest BCUT2D eigenvalue weighted by atomic mass is 32.2. The standard InChI is InChI=1S/C25H24FN5OS/c1-16-12-22(17(2)30(16)14-18-5-7-20(26)8-6-18)23(32)15-33-25-29-28-24(31(25)21-9-10-21)19-4-3-11-27-13-19/h3-8,11-13,21H,9-10,14-15H2,1-2H3. The van der Waals surface area contributed by atoms with Gasteiger partial charge in [0.25, 0.3) is 0 Å². The van der Waals surface area contributed by atoms with Crippen LogP contribution in [0.25, 0.3) is 11.4 Å². The molecule has 4 aromatic rings. The normalized spacial score (nSPS) is 13.4. The quantitative estimate of drug-likeness (QED) is 0.265. The summed E-state index contributed by atoms with van der Waals surface area (Å²) in [5.74, 6) is 0.904. The fourth-order valence-corrected chi connectivity index (χ4v) is 4.93. The molecule has 3 aromatic heterocycles. The monoisotopic (exact) mass is 461 g/mol. The Bertz CT molecular complexity index is 1290. The number of halogens is 1. The summed E-state index contributed by atoms with van der Waals surface area (Å²) in [5, 5.41) is 9.55. The van der Waals surface area contributed by atoms with Crippen molar-refractivity contribution in [2.75, 3.05) is 5.75 Å². The van der Waals surface area contributed by atoms with Crippen LogP contribution in [-0.4, -0.2) is 35.9 Å². The minimum Gasteiger partial charge on any atom is -0.344 e. The van der Waals surface area contributed by atoms with Crippen molar-refractivity contribution < 1.29 is 9.18 Å². The number of carbonyl (C=O) groups excluding carboxylic acids is 1. The van der Waals surface area contributed by atoms with Crippen molar-refractivity contribution in [3.05, 3.63) is 83.2 Å². The summed E-state index contributed by atoms with van der Waals surface area (Å²) in [6, 6.07) is 12.7. The van der Waals surface area contributed by atoms with E-state index in [9.17, 15) is 9.18 Å². The Morgan fingerprint density at radius 3 is 2.64 bits per heavy atom. The Kier molecular flexibility index (Phi) is 5.85. The highest BCUT2D eigenvalue weighted by Gasteiger charge is 2.30. The second-order valence-electron chi connectivity index (χ2n) is 8.36. The number of thioether (sulfide) groups is 1. The van der Waals surface area contributed by atoms with Gasteiger partial charge in [0.2, 0.25) is 0 Å². The molecule has 0 amide bonds. The van der Waals surface area contributed by atoms with Crippen molar-refractivity contribution in [3.8, 4) is 11.4 Å². The Morgan fingerprint density at radius 2 is 1.94 bits per heavy atom. The van der Waals surface area contributed by atoms with Crippen molar-refractivity contribution >= 4 is 17.5 Å². The first kappa shape index (κ1) is 21.6. The van der Waals surface area contributed by atoms with Crippen molar-refractivity contribution in [1.29, 1.82) is 0 Å². The predicted molar refractivity (Wildman–Crippen MR) is 126 cm³/mol. The molecule has 0 aliphatic heterocycles. The predicted octanol–water partition coefficient (Wildman–Crippen LogP) is 5.26. The number of aromatic nitrogens is 5. The number of hydrogen-bond acceptors (Lipinski definition) is 5. The minimum atomic E-state index is -0.252. The van der Waals surface area contributed by atoms with E-state index in [1.807, 2.05) is 32.0 Å².